The Labute approximate surface area is 119 Å². The Morgan fingerprint density at radius 1 is 1.25 bits per heavy atom. The predicted octanol–water partition coefficient (Wildman–Crippen LogP) is 2.94. The summed E-state index contributed by atoms with van der Waals surface area (Å²) in [6.45, 7) is 2.24. The highest BCUT2D eigenvalue weighted by Gasteiger charge is 2.40. The van der Waals surface area contributed by atoms with Gasteiger partial charge in [-0.3, -0.25) is 4.90 Å². The largest absolute Gasteiger partial charge is 0.348 e. The average molecular weight is 279 g/mol. The summed E-state index contributed by atoms with van der Waals surface area (Å²) in [6, 6.07) is 7.38. The van der Waals surface area contributed by atoms with Gasteiger partial charge in [0.05, 0.1) is 13.2 Å². The Morgan fingerprint density at radius 2 is 1.95 bits per heavy atom. The zero-order valence-electron chi connectivity index (χ0n) is 12.0. The predicted molar refractivity (Wildman–Crippen MR) is 74.8 cm³/mol. The molecule has 0 N–H and O–H groups in total. The Morgan fingerprint density at radius 3 is 2.60 bits per heavy atom. The van der Waals surface area contributed by atoms with Crippen molar-refractivity contribution >= 4 is 0 Å². The van der Waals surface area contributed by atoms with Gasteiger partial charge in [0.15, 0.2) is 5.79 Å². The summed E-state index contributed by atoms with van der Waals surface area (Å²) in [5.74, 6) is -0.456. The number of rotatable bonds is 3. The Kier molecular flexibility index (Phi) is 4.06. The molecule has 1 aromatic rings. The third kappa shape index (κ3) is 3.03. The van der Waals surface area contributed by atoms with E-state index >= 15 is 0 Å². The van der Waals surface area contributed by atoms with Gasteiger partial charge >= 0.3 is 0 Å². The minimum atomic E-state index is -0.295. The fraction of sp³-hybridized carbons (Fsp3) is 0.625. The summed E-state index contributed by atoms with van der Waals surface area (Å²) < 4.78 is 24.7. The van der Waals surface area contributed by atoms with E-state index in [4.69, 9.17) is 9.47 Å². The van der Waals surface area contributed by atoms with Crippen LogP contribution in [0.15, 0.2) is 24.3 Å². The van der Waals surface area contributed by atoms with Crippen LogP contribution in [0.5, 0.6) is 0 Å². The van der Waals surface area contributed by atoms with Crippen molar-refractivity contribution in [3.8, 4) is 0 Å². The Bertz CT molecular complexity index is 450. The topological polar surface area (TPSA) is 21.7 Å². The molecule has 1 aliphatic carbocycles. The van der Waals surface area contributed by atoms with E-state index in [0.29, 0.717) is 6.04 Å². The molecule has 1 aromatic carbocycles. The van der Waals surface area contributed by atoms with E-state index in [1.807, 2.05) is 6.07 Å². The lowest BCUT2D eigenvalue weighted by atomic mass is 9.89. The minimum absolute atomic E-state index is 0.161. The van der Waals surface area contributed by atoms with Crippen molar-refractivity contribution in [3.05, 3.63) is 35.6 Å². The Balaban J connectivity index is 1.55. The van der Waals surface area contributed by atoms with Gasteiger partial charge in [-0.25, -0.2) is 4.39 Å². The lowest BCUT2D eigenvalue weighted by molar-refractivity contribution is -0.183. The first-order chi connectivity index (χ1) is 9.67. The monoisotopic (exact) mass is 279 g/mol. The van der Waals surface area contributed by atoms with E-state index < -0.39 is 0 Å². The van der Waals surface area contributed by atoms with Crippen LogP contribution in [0.4, 0.5) is 4.39 Å². The van der Waals surface area contributed by atoms with Crippen LogP contribution >= 0.6 is 0 Å². The lowest BCUT2D eigenvalue weighted by Gasteiger charge is -2.39. The molecule has 1 saturated heterocycles. The van der Waals surface area contributed by atoms with Crippen molar-refractivity contribution < 1.29 is 13.9 Å². The standard InChI is InChI=1S/C16H22FNO2/c1-18(12-13-3-2-4-14(17)11-13)15-5-7-16(8-6-15)19-9-10-20-16/h2-4,11,15H,5-10,12H2,1H3. The zero-order valence-corrected chi connectivity index (χ0v) is 12.0. The average Bonchev–Trinajstić information content (AvgIpc) is 2.88. The normalized spacial score (nSPS) is 22.8. The van der Waals surface area contributed by atoms with E-state index in [9.17, 15) is 4.39 Å². The maximum atomic E-state index is 13.2. The van der Waals surface area contributed by atoms with Crippen LogP contribution in [-0.2, 0) is 16.0 Å². The molecule has 1 heterocycles. The van der Waals surface area contributed by atoms with Crippen LogP contribution < -0.4 is 0 Å². The van der Waals surface area contributed by atoms with Gasteiger partial charge in [0.1, 0.15) is 5.82 Å². The van der Waals surface area contributed by atoms with Crippen molar-refractivity contribution in [1.29, 1.82) is 0 Å². The number of hydrogen-bond donors (Lipinski definition) is 0. The van der Waals surface area contributed by atoms with Crippen LogP contribution in [0.1, 0.15) is 31.2 Å². The molecule has 3 nitrogen and oxygen atoms in total. The zero-order chi connectivity index (χ0) is 14.0. The van der Waals surface area contributed by atoms with Crippen molar-refractivity contribution in [2.75, 3.05) is 20.3 Å². The van der Waals surface area contributed by atoms with Gasteiger partial charge in [0, 0.05) is 25.4 Å². The molecule has 4 heteroatoms. The van der Waals surface area contributed by atoms with Crippen LogP contribution in [0, 0.1) is 5.82 Å². The highest BCUT2D eigenvalue weighted by atomic mass is 19.1. The van der Waals surface area contributed by atoms with Crippen molar-refractivity contribution in [2.24, 2.45) is 0 Å². The fourth-order valence-electron chi connectivity index (χ4n) is 3.32. The third-order valence-corrected chi connectivity index (χ3v) is 4.47. The molecule has 0 unspecified atom stereocenters. The first-order valence-corrected chi connectivity index (χ1v) is 7.39. The highest BCUT2D eigenvalue weighted by Crippen LogP contribution is 2.37. The van der Waals surface area contributed by atoms with Gasteiger partial charge in [-0.2, -0.15) is 0 Å². The van der Waals surface area contributed by atoms with E-state index in [1.165, 1.54) is 6.07 Å². The summed E-state index contributed by atoms with van der Waals surface area (Å²) in [7, 11) is 2.12. The first-order valence-electron chi connectivity index (χ1n) is 7.39. The smallest absolute Gasteiger partial charge is 0.168 e. The highest BCUT2D eigenvalue weighted by molar-refractivity contribution is 5.16. The fourth-order valence-corrected chi connectivity index (χ4v) is 3.32. The second kappa shape index (κ2) is 5.80. The molecule has 2 aliphatic rings. The maximum Gasteiger partial charge on any atom is 0.168 e. The summed E-state index contributed by atoms with van der Waals surface area (Å²) >= 11 is 0. The Hall–Kier alpha value is -0.970. The summed E-state index contributed by atoms with van der Waals surface area (Å²) in [4.78, 5) is 2.32. The van der Waals surface area contributed by atoms with E-state index in [2.05, 4.69) is 11.9 Å². The summed E-state index contributed by atoms with van der Waals surface area (Å²) in [5.41, 5.74) is 1.03. The molecule has 0 amide bonds. The van der Waals surface area contributed by atoms with Crippen molar-refractivity contribution in [2.45, 2.75) is 44.1 Å². The minimum Gasteiger partial charge on any atom is -0.348 e. The number of ether oxygens (including phenoxy) is 2. The summed E-state index contributed by atoms with van der Waals surface area (Å²) in [6.07, 6.45) is 4.08. The van der Waals surface area contributed by atoms with Crippen molar-refractivity contribution in [1.82, 2.24) is 4.90 Å². The van der Waals surface area contributed by atoms with E-state index in [0.717, 1.165) is 51.0 Å². The number of halogens is 1. The van der Waals surface area contributed by atoms with Gasteiger partial charge in [-0.15, -0.1) is 0 Å². The lowest BCUT2D eigenvalue weighted by Crippen LogP contribution is -2.42. The number of hydrogen-bond acceptors (Lipinski definition) is 3. The van der Waals surface area contributed by atoms with Gasteiger partial charge in [-0.1, -0.05) is 12.1 Å². The second-order valence-electron chi connectivity index (χ2n) is 5.88. The molecule has 1 saturated carbocycles. The second-order valence-corrected chi connectivity index (χ2v) is 5.88. The van der Waals surface area contributed by atoms with E-state index in [-0.39, 0.29) is 11.6 Å². The third-order valence-electron chi connectivity index (χ3n) is 4.47. The molecular weight excluding hydrogens is 257 g/mol. The van der Waals surface area contributed by atoms with Gasteiger partial charge in [-0.05, 0) is 37.6 Å². The molecule has 3 rings (SSSR count). The molecule has 20 heavy (non-hydrogen) atoms. The first kappa shape index (κ1) is 14.0. The number of benzene rings is 1. The molecular formula is C16H22FNO2. The van der Waals surface area contributed by atoms with Gasteiger partial charge in [0.25, 0.3) is 0 Å². The molecule has 0 aromatic heterocycles. The van der Waals surface area contributed by atoms with Gasteiger partial charge < -0.3 is 9.47 Å². The SMILES string of the molecule is CN(Cc1cccc(F)c1)C1CCC2(CC1)OCCO2. The maximum absolute atomic E-state index is 13.2. The molecule has 0 atom stereocenters. The van der Waals surface area contributed by atoms with Crippen LogP contribution in [0.2, 0.25) is 0 Å². The van der Waals surface area contributed by atoms with Crippen LogP contribution in [0.3, 0.4) is 0 Å². The van der Waals surface area contributed by atoms with Crippen molar-refractivity contribution in [3.63, 3.8) is 0 Å². The molecule has 110 valence electrons. The number of nitrogens with zero attached hydrogens (tertiary/aromatic N) is 1. The summed E-state index contributed by atoms with van der Waals surface area (Å²) in [5, 5.41) is 0. The van der Waals surface area contributed by atoms with Crippen LogP contribution in [0.25, 0.3) is 0 Å². The molecule has 2 fully saturated rings. The molecule has 0 bridgehead atoms. The van der Waals surface area contributed by atoms with E-state index in [1.54, 1.807) is 12.1 Å². The van der Waals surface area contributed by atoms with Gasteiger partial charge in [0.2, 0.25) is 0 Å². The van der Waals surface area contributed by atoms with Crippen LogP contribution in [-0.4, -0.2) is 37.0 Å². The molecule has 1 spiro atoms. The molecule has 0 radical (unpaired) electrons. The quantitative estimate of drug-likeness (QED) is 0.849. The molecule has 1 aliphatic heterocycles.